The Morgan fingerprint density at radius 3 is 2.83 bits per heavy atom. The number of hydrogen-bond donors (Lipinski definition) is 2. The minimum Gasteiger partial charge on any atom is -0.360 e. The summed E-state index contributed by atoms with van der Waals surface area (Å²) in [4.78, 5) is 26.9. The average Bonchev–Trinajstić information content (AvgIpc) is 2.37. The van der Waals surface area contributed by atoms with Gasteiger partial charge in [-0.2, -0.15) is 0 Å². The Balaban J connectivity index is 2.40. The van der Waals surface area contributed by atoms with Crippen LogP contribution >= 0.6 is 0 Å². The monoisotopic (exact) mass is 242 g/mol. The highest BCUT2D eigenvalue weighted by molar-refractivity contribution is 5.97. The number of para-hydroxylation sites is 1. The van der Waals surface area contributed by atoms with E-state index in [0.717, 1.165) is 11.1 Å². The second-order valence-electron chi connectivity index (χ2n) is 4.22. The molecule has 1 aromatic carbocycles. The summed E-state index contributed by atoms with van der Waals surface area (Å²) < 4.78 is 0. The lowest BCUT2D eigenvalue weighted by Crippen LogP contribution is -2.29. The van der Waals surface area contributed by atoms with Crippen LogP contribution in [0.25, 0.3) is 10.9 Å². The van der Waals surface area contributed by atoms with E-state index in [1.54, 1.807) is 18.2 Å². The van der Waals surface area contributed by atoms with Crippen molar-refractivity contribution in [1.29, 1.82) is 0 Å². The molecule has 0 saturated heterocycles. The van der Waals surface area contributed by atoms with Crippen LogP contribution in [0.4, 0.5) is 0 Å². The van der Waals surface area contributed by atoms with Crippen LogP contribution in [-0.4, -0.2) is 17.4 Å². The Bertz CT molecular complexity index is 671. The lowest BCUT2D eigenvalue weighted by atomic mass is 10.1. The first-order chi connectivity index (χ1) is 8.59. The summed E-state index contributed by atoms with van der Waals surface area (Å²) in [6, 6.07) is 7.10. The summed E-state index contributed by atoms with van der Waals surface area (Å²) in [6.07, 6.45) is 1.44. The molecule has 0 fully saturated rings. The summed E-state index contributed by atoms with van der Waals surface area (Å²) in [5.74, 6) is -0.384. The van der Waals surface area contributed by atoms with Crippen molar-refractivity contribution < 1.29 is 4.79 Å². The second-order valence-corrected chi connectivity index (χ2v) is 4.22. The van der Waals surface area contributed by atoms with E-state index < -0.39 is 0 Å². The number of benzene rings is 1. The zero-order chi connectivity index (χ0) is 13.1. The van der Waals surface area contributed by atoms with Crippen molar-refractivity contribution in [2.45, 2.75) is 6.92 Å². The predicted octanol–water partition coefficient (Wildman–Crippen LogP) is 1.83. The van der Waals surface area contributed by atoms with Gasteiger partial charge in [0.25, 0.3) is 5.91 Å². The zero-order valence-corrected chi connectivity index (χ0v) is 10.1. The minimum atomic E-state index is -0.384. The fourth-order valence-corrected chi connectivity index (χ4v) is 1.66. The van der Waals surface area contributed by atoms with Crippen molar-refractivity contribution in [2.75, 3.05) is 6.54 Å². The van der Waals surface area contributed by atoms with Crippen molar-refractivity contribution in [2.24, 2.45) is 0 Å². The normalized spacial score (nSPS) is 10.3. The number of rotatable bonds is 3. The maximum absolute atomic E-state index is 12.1. The molecule has 0 bridgehead atoms. The number of nitrogens with one attached hydrogen (secondary N) is 2. The van der Waals surface area contributed by atoms with E-state index in [0.29, 0.717) is 11.9 Å². The average molecular weight is 242 g/mol. The fourth-order valence-electron chi connectivity index (χ4n) is 1.66. The van der Waals surface area contributed by atoms with Gasteiger partial charge in [0.2, 0.25) is 5.43 Å². The molecular formula is C14H14N2O2. The maximum Gasteiger partial charge on any atom is 0.257 e. The number of pyridine rings is 1. The standard InChI is InChI=1S/C14H14N2O2/c1-9(2)7-16-14(18)11-8-15-12-6-4-3-5-10(12)13(11)17/h3-6,8H,1,7H2,2H3,(H,15,17)(H,16,18). The van der Waals surface area contributed by atoms with Crippen LogP contribution < -0.4 is 10.7 Å². The molecule has 18 heavy (non-hydrogen) atoms. The Hall–Kier alpha value is -2.36. The molecule has 0 aliphatic carbocycles. The van der Waals surface area contributed by atoms with Crippen LogP contribution in [-0.2, 0) is 0 Å². The van der Waals surface area contributed by atoms with Crippen LogP contribution in [0.15, 0.2) is 47.4 Å². The Labute approximate surface area is 104 Å². The van der Waals surface area contributed by atoms with Crippen molar-refractivity contribution >= 4 is 16.8 Å². The highest BCUT2D eigenvalue weighted by Gasteiger charge is 2.11. The summed E-state index contributed by atoms with van der Waals surface area (Å²) >= 11 is 0. The van der Waals surface area contributed by atoms with Crippen LogP contribution in [0.1, 0.15) is 17.3 Å². The number of hydrogen-bond acceptors (Lipinski definition) is 2. The lowest BCUT2D eigenvalue weighted by molar-refractivity contribution is 0.0956. The SMILES string of the molecule is C=C(C)CNC(=O)c1c[nH]c2ccccc2c1=O. The molecule has 0 aliphatic heterocycles. The van der Waals surface area contributed by atoms with Gasteiger partial charge in [0, 0.05) is 23.6 Å². The number of aromatic amines is 1. The van der Waals surface area contributed by atoms with E-state index in [4.69, 9.17) is 0 Å². The van der Waals surface area contributed by atoms with Crippen LogP contribution in [0, 0.1) is 0 Å². The van der Waals surface area contributed by atoms with Gasteiger partial charge in [0.05, 0.1) is 0 Å². The van der Waals surface area contributed by atoms with Gasteiger partial charge in [-0.1, -0.05) is 24.3 Å². The topological polar surface area (TPSA) is 62.0 Å². The molecule has 0 spiro atoms. The first-order valence-electron chi connectivity index (χ1n) is 5.62. The van der Waals surface area contributed by atoms with E-state index in [1.807, 2.05) is 13.0 Å². The Morgan fingerprint density at radius 2 is 2.11 bits per heavy atom. The van der Waals surface area contributed by atoms with Gasteiger partial charge in [-0.3, -0.25) is 9.59 Å². The number of H-pyrrole nitrogens is 1. The van der Waals surface area contributed by atoms with Crippen molar-refractivity contribution in [3.05, 3.63) is 58.4 Å². The molecule has 92 valence electrons. The molecule has 2 rings (SSSR count). The third-order valence-corrected chi connectivity index (χ3v) is 2.58. The van der Waals surface area contributed by atoms with Gasteiger partial charge in [0.15, 0.2) is 0 Å². The fraction of sp³-hybridized carbons (Fsp3) is 0.143. The molecular weight excluding hydrogens is 228 g/mol. The number of aromatic nitrogens is 1. The van der Waals surface area contributed by atoms with Gasteiger partial charge >= 0.3 is 0 Å². The summed E-state index contributed by atoms with van der Waals surface area (Å²) in [6.45, 7) is 5.87. The van der Waals surface area contributed by atoms with Crippen LogP contribution in [0.5, 0.6) is 0 Å². The molecule has 0 radical (unpaired) electrons. The van der Waals surface area contributed by atoms with Gasteiger partial charge in [-0.25, -0.2) is 0 Å². The van der Waals surface area contributed by atoms with Crippen molar-refractivity contribution in [3.63, 3.8) is 0 Å². The molecule has 1 aromatic heterocycles. The molecule has 1 amide bonds. The minimum absolute atomic E-state index is 0.120. The second kappa shape index (κ2) is 4.87. The molecule has 2 aromatic rings. The molecule has 2 N–H and O–H groups in total. The zero-order valence-electron chi connectivity index (χ0n) is 10.1. The smallest absolute Gasteiger partial charge is 0.257 e. The highest BCUT2D eigenvalue weighted by Crippen LogP contribution is 2.06. The van der Waals surface area contributed by atoms with E-state index in [-0.39, 0.29) is 16.9 Å². The molecule has 4 nitrogen and oxygen atoms in total. The summed E-state index contributed by atoms with van der Waals surface area (Å²) in [5, 5.41) is 3.16. The molecule has 0 saturated carbocycles. The van der Waals surface area contributed by atoms with Crippen molar-refractivity contribution in [3.8, 4) is 0 Å². The first kappa shape index (κ1) is 12.1. The largest absolute Gasteiger partial charge is 0.360 e. The molecule has 0 unspecified atom stereocenters. The molecule has 0 aliphatic rings. The van der Waals surface area contributed by atoms with Gasteiger partial charge < -0.3 is 10.3 Å². The predicted molar refractivity (Wildman–Crippen MR) is 71.7 cm³/mol. The van der Waals surface area contributed by atoms with Crippen LogP contribution in [0.3, 0.4) is 0 Å². The Kier molecular flexibility index (Phi) is 3.28. The van der Waals surface area contributed by atoms with E-state index in [2.05, 4.69) is 16.9 Å². The lowest BCUT2D eigenvalue weighted by Gasteiger charge is -2.05. The number of carbonyl (C=O) groups excluding carboxylic acids is 1. The van der Waals surface area contributed by atoms with E-state index in [9.17, 15) is 9.59 Å². The molecule has 1 heterocycles. The Morgan fingerprint density at radius 1 is 1.39 bits per heavy atom. The number of amides is 1. The van der Waals surface area contributed by atoms with E-state index >= 15 is 0 Å². The number of carbonyl (C=O) groups is 1. The van der Waals surface area contributed by atoms with Crippen molar-refractivity contribution in [1.82, 2.24) is 10.3 Å². The molecule has 0 atom stereocenters. The first-order valence-corrected chi connectivity index (χ1v) is 5.62. The quantitative estimate of drug-likeness (QED) is 0.807. The van der Waals surface area contributed by atoms with E-state index in [1.165, 1.54) is 6.20 Å². The van der Waals surface area contributed by atoms with Crippen LogP contribution in [0.2, 0.25) is 0 Å². The molecule has 4 heteroatoms. The summed E-state index contributed by atoms with van der Waals surface area (Å²) in [5.41, 5.74) is 1.41. The summed E-state index contributed by atoms with van der Waals surface area (Å²) in [7, 11) is 0. The third kappa shape index (κ3) is 2.32. The van der Waals surface area contributed by atoms with Gasteiger partial charge in [-0.05, 0) is 19.1 Å². The maximum atomic E-state index is 12.1. The number of fused-ring (bicyclic) bond motifs is 1. The van der Waals surface area contributed by atoms with Gasteiger partial charge in [0.1, 0.15) is 5.56 Å². The highest BCUT2D eigenvalue weighted by atomic mass is 16.2. The van der Waals surface area contributed by atoms with Gasteiger partial charge in [-0.15, -0.1) is 0 Å². The third-order valence-electron chi connectivity index (χ3n) is 2.58.